The maximum Gasteiger partial charge on any atom is 0.150 e. The van der Waals surface area contributed by atoms with Gasteiger partial charge in [0.25, 0.3) is 0 Å². The quantitative estimate of drug-likeness (QED) is 0.657. The van der Waals surface area contributed by atoms with Crippen molar-refractivity contribution in [2.75, 3.05) is 26.0 Å². The van der Waals surface area contributed by atoms with Crippen LogP contribution in [0.5, 0.6) is 0 Å². The van der Waals surface area contributed by atoms with Crippen LogP contribution in [0, 0.1) is 0 Å². The Balaban J connectivity index is 1.36. The van der Waals surface area contributed by atoms with Gasteiger partial charge in [-0.15, -0.1) is 0 Å². The molecule has 2 fully saturated rings. The second kappa shape index (κ2) is 8.93. The summed E-state index contributed by atoms with van der Waals surface area (Å²) in [6, 6.07) is 7.53. The molecule has 1 aliphatic carbocycles. The van der Waals surface area contributed by atoms with E-state index in [2.05, 4.69) is 63.8 Å². The minimum atomic E-state index is 0.0563. The van der Waals surface area contributed by atoms with E-state index in [0.29, 0.717) is 12.1 Å². The summed E-state index contributed by atoms with van der Waals surface area (Å²) in [4.78, 5) is 11.4. The fourth-order valence-corrected chi connectivity index (χ4v) is 4.86. The van der Waals surface area contributed by atoms with Crippen molar-refractivity contribution in [2.24, 2.45) is 0 Å². The maximum atomic E-state index is 5.88. The molecule has 1 atom stereocenters. The van der Waals surface area contributed by atoms with Crippen LogP contribution in [0.15, 0.2) is 36.9 Å². The van der Waals surface area contributed by atoms with Gasteiger partial charge >= 0.3 is 0 Å². The van der Waals surface area contributed by atoms with E-state index in [1.165, 1.54) is 32.1 Å². The van der Waals surface area contributed by atoms with Gasteiger partial charge in [0, 0.05) is 35.8 Å². The number of hydrogen-bond donors (Lipinski definition) is 1. The van der Waals surface area contributed by atoms with E-state index >= 15 is 0 Å². The molecule has 1 unspecified atom stereocenters. The van der Waals surface area contributed by atoms with E-state index in [1.807, 2.05) is 10.9 Å². The van der Waals surface area contributed by atoms with Gasteiger partial charge in [0.2, 0.25) is 0 Å². The highest BCUT2D eigenvalue weighted by atomic mass is 16.5. The van der Waals surface area contributed by atoms with E-state index in [9.17, 15) is 0 Å². The smallest absolute Gasteiger partial charge is 0.150 e. The molecule has 1 saturated carbocycles. The highest BCUT2D eigenvalue weighted by molar-refractivity contribution is 5.92. The van der Waals surface area contributed by atoms with Crippen molar-refractivity contribution in [3.63, 3.8) is 0 Å². The molecule has 2 aliphatic rings. The molecule has 1 aromatic carbocycles. The topological polar surface area (TPSA) is 68.1 Å². The first-order chi connectivity index (χ1) is 15.2. The molecule has 7 nitrogen and oxygen atoms in total. The highest BCUT2D eigenvalue weighted by Gasteiger charge is 2.23. The first-order valence-electron chi connectivity index (χ1n) is 11.5. The average Bonchev–Trinajstić information content (AvgIpc) is 3.30. The molecule has 0 spiro atoms. The monoisotopic (exact) mass is 420 g/mol. The van der Waals surface area contributed by atoms with Crippen molar-refractivity contribution in [2.45, 2.75) is 63.3 Å². The predicted molar refractivity (Wildman–Crippen MR) is 123 cm³/mol. The molecule has 5 rings (SSSR count). The van der Waals surface area contributed by atoms with Gasteiger partial charge in [0.05, 0.1) is 11.7 Å². The molecule has 1 saturated heterocycles. The van der Waals surface area contributed by atoms with E-state index in [4.69, 9.17) is 4.74 Å². The molecule has 1 aliphatic heterocycles. The summed E-state index contributed by atoms with van der Waals surface area (Å²) >= 11 is 0. The SMILES string of the molecule is CN(C)[C@H]1CC[C@H](Nc2ncnc3ccc(-c4cnn(C5CCCCO5)c4)cc23)CC1. The van der Waals surface area contributed by atoms with Gasteiger partial charge in [-0.05, 0) is 76.7 Å². The lowest BCUT2D eigenvalue weighted by Crippen LogP contribution is -2.36. The van der Waals surface area contributed by atoms with Crippen LogP contribution in [0.3, 0.4) is 0 Å². The Morgan fingerprint density at radius 3 is 2.68 bits per heavy atom. The molecule has 2 aromatic heterocycles. The fraction of sp³-hybridized carbons (Fsp3) is 0.542. The van der Waals surface area contributed by atoms with Crippen LogP contribution >= 0.6 is 0 Å². The summed E-state index contributed by atoms with van der Waals surface area (Å²) < 4.78 is 7.84. The number of nitrogens with zero attached hydrogens (tertiary/aromatic N) is 5. The van der Waals surface area contributed by atoms with Crippen LogP contribution in [0.25, 0.3) is 22.0 Å². The van der Waals surface area contributed by atoms with E-state index in [-0.39, 0.29) is 6.23 Å². The van der Waals surface area contributed by atoms with Crippen molar-refractivity contribution in [1.82, 2.24) is 24.6 Å². The lowest BCUT2D eigenvalue weighted by molar-refractivity contribution is -0.0394. The summed E-state index contributed by atoms with van der Waals surface area (Å²) in [6.07, 6.45) is 13.9. The largest absolute Gasteiger partial charge is 0.367 e. The molecule has 31 heavy (non-hydrogen) atoms. The van der Waals surface area contributed by atoms with Gasteiger partial charge in [0.15, 0.2) is 0 Å². The Hall–Kier alpha value is -2.51. The number of anilines is 1. The molecule has 0 radical (unpaired) electrons. The third kappa shape index (κ3) is 4.43. The van der Waals surface area contributed by atoms with Gasteiger partial charge in [-0.2, -0.15) is 5.10 Å². The third-order valence-electron chi connectivity index (χ3n) is 6.79. The highest BCUT2D eigenvalue weighted by Crippen LogP contribution is 2.31. The Bertz CT molecular complexity index is 1020. The fourth-order valence-electron chi connectivity index (χ4n) is 4.86. The Kier molecular flexibility index (Phi) is 5.87. The number of hydrogen-bond acceptors (Lipinski definition) is 6. The number of rotatable bonds is 5. The second-order valence-corrected chi connectivity index (χ2v) is 9.10. The standard InChI is InChI=1S/C24H32N6O/c1-29(2)20-9-7-19(8-10-20)28-24-21-13-17(6-11-22(21)25-16-26-24)18-14-27-30(15-18)23-5-3-4-12-31-23/h6,11,13-16,19-20,23H,3-5,7-10,12H2,1-2H3,(H,25,26,28)/t19-,20-,23?. The van der Waals surface area contributed by atoms with E-state index in [1.54, 1.807) is 6.33 Å². The number of nitrogens with one attached hydrogen (secondary N) is 1. The molecular weight excluding hydrogens is 388 g/mol. The summed E-state index contributed by atoms with van der Waals surface area (Å²) in [7, 11) is 4.36. The zero-order valence-electron chi connectivity index (χ0n) is 18.5. The molecule has 0 bridgehead atoms. The number of aromatic nitrogens is 4. The summed E-state index contributed by atoms with van der Waals surface area (Å²) in [5.41, 5.74) is 3.19. The normalized spacial score (nSPS) is 24.5. The maximum absolute atomic E-state index is 5.88. The Morgan fingerprint density at radius 2 is 1.90 bits per heavy atom. The molecule has 7 heteroatoms. The van der Waals surface area contributed by atoms with E-state index in [0.717, 1.165) is 47.3 Å². The predicted octanol–water partition coefficient (Wildman–Crippen LogP) is 4.48. The van der Waals surface area contributed by atoms with Crippen LogP contribution in [-0.4, -0.2) is 57.4 Å². The molecular formula is C24H32N6O. The van der Waals surface area contributed by atoms with Gasteiger partial charge in [-0.3, -0.25) is 0 Å². The second-order valence-electron chi connectivity index (χ2n) is 9.10. The first-order valence-corrected chi connectivity index (χ1v) is 11.5. The van der Waals surface area contributed by atoms with Crippen LogP contribution in [-0.2, 0) is 4.74 Å². The molecule has 164 valence electrons. The number of ether oxygens (including phenoxy) is 1. The van der Waals surface area contributed by atoms with Crippen LogP contribution in [0.2, 0.25) is 0 Å². The van der Waals surface area contributed by atoms with Gasteiger partial charge < -0.3 is 15.0 Å². The third-order valence-corrected chi connectivity index (χ3v) is 6.79. The van der Waals surface area contributed by atoms with Crippen LogP contribution in [0.1, 0.15) is 51.2 Å². The zero-order chi connectivity index (χ0) is 21.2. The van der Waals surface area contributed by atoms with Crippen molar-refractivity contribution in [1.29, 1.82) is 0 Å². The Morgan fingerprint density at radius 1 is 1.03 bits per heavy atom. The summed E-state index contributed by atoms with van der Waals surface area (Å²) in [6.45, 7) is 0.818. The van der Waals surface area contributed by atoms with E-state index < -0.39 is 0 Å². The minimum absolute atomic E-state index is 0.0563. The van der Waals surface area contributed by atoms with Crippen LogP contribution < -0.4 is 5.32 Å². The Labute approximate surface area is 183 Å². The van der Waals surface area contributed by atoms with Gasteiger partial charge in [-0.25, -0.2) is 14.6 Å². The van der Waals surface area contributed by atoms with Crippen molar-refractivity contribution in [3.8, 4) is 11.1 Å². The number of fused-ring (bicyclic) bond motifs is 1. The van der Waals surface area contributed by atoms with Crippen molar-refractivity contribution < 1.29 is 4.74 Å². The number of benzene rings is 1. The molecule has 0 amide bonds. The zero-order valence-corrected chi connectivity index (χ0v) is 18.5. The lowest BCUT2D eigenvalue weighted by Gasteiger charge is -2.33. The summed E-state index contributed by atoms with van der Waals surface area (Å²) in [5, 5.41) is 9.35. The van der Waals surface area contributed by atoms with Crippen molar-refractivity contribution >= 4 is 16.7 Å². The first kappa shape index (κ1) is 20.4. The van der Waals surface area contributed by atoms with Gasteiger partial charge in [-0.1, -0.05) is 6.07 Å². The van der Waals surface area contributed by atoms with Crippen molar-refractivity contribution in [3.05, 3.63) is 36.9 Å². The summed E-state index contributed by atoms with van der Waals surface area (Å²) in [5.74, 6) is 0.933. The molecule has 1 N–H and O–H groups in total. The lowest BCUT2D eigenvalue weighted by atomic mass is 9.90. The molecule has 3 aromatic rings. The minimum Gasteiger partial charge on any atom is -0.367 e. The average molecular weight is 421 g/mol. The molecule has 3 heterocycles. The van der Waals surface area contributed by atoms with Crippen LogP contribution in [0.4, 0.5) is 5.82 Å². The van der Waals surface area contributed by atoms with Gasteiger partial charge in [0.1, 0.15) is 18.4 Å².